The second-order valence-corrected chi connectivity index (χ2v) is 5.35. The molecule has 1 aromatic carbocycles. The van der Waals surface area contributed by atoms with E-state index in [1.807, 2.05) is 6.07 Å². The van der Waals surface area contributed by atoms with Crippen LogP contribution in [-0.4, -0.2) is 45.2 Å². The molecular formula is C14H20N2O. The third-order valence-corrected chi connectivity index (χ3v) is 4.09. The molecule has 2 fully saturated rings. The standard InChI is InChI=1S/C14H20N2O/c1-15-7-11-9-16(10-12(11)8-15)13-4-3-5-14(6-13)17-2/h3-6,11-12H,7-10H2,1-2H3. The lowest BCUT2D eigenvalue weighted by Crippen LogP contribution is -2.26. The summed E-state index contributed by atoms with van der Waals surface area (Å²) in [5.41, 5.74) is 1.31. The Hall–Kier alpha value is -1.22. The van der Waals surface area contributed by atoms with Crippen molar-refractivity contribution in [1.29, 1.82) is 0 Å². The summed E-state index contributed by atoms with van der Waals surface area (Å²) in [6, 6.07) is 8.42. The van der Waals surface area contributed by atoms with Gasteiger partial charge in [-0.2, -0.15) is 0 Å². The molecular weight excluding hydrogens is 212 g/mol. The molecule has 2 unspecified atom stereocenters. The first-order valence-corrected chi connectivity index (χ1v) is 6.34. The molecule has 0 saturated carbocycles. The first kappa shape index (κ1) is 10.9. The van der Waals surface area contributed by atoms with Gasteiger partial charge in [-0.25, -0.2) is 0 Å². The normalized spacial score (nSPS) is 28.5. The lowest BCUT2D eigenvalue weighted by atomic mass is 10.0. The minimum absolute atomic E-state index is 0.853. The number of fused-ring (bicyclic) bond motifs is 1. The molecule has 0 aromatic heterocycles. The average molecular weight is 232 g/mol. The van der Waals surface area contributed by atoms with E-state index in [4.69, 9.17) is 4.74 Å². The van der Waals surface area contributed by atoms with Crippen LogP contribution < -0.4 is 9.64 Å². The van der Waals surface area contributed by atoms with E-state index in [0.29, 0.717) is 0 Å². The van der Waals surface area contributed by atoms with Crippen LogP contribution in [0.4, 0.5) is 5.69 Å². The molecule has 3 rings (SSSR count). The van der Waals surface area contributed by atoms with Gasteiger partial charge >= 0.3 is 0 Å². The Morgan fingerprint density at radius 2 is 1.82 bits per heavy atom. The van der Waals surface area contributed by atoms with Crippen LogP contribution in [0.15, 0.2) is 24.3 Å². The number of anilines is 1. The summed E-state index contributed by atoms with van der Waals surface area (Å²) in [6.45, 7) is 4.90. The summed E-state index contributed by atoms with van der Waals surface area (Å²) in [5.74, 6) is 2.66. The van der Waals surface area contributed by atoms with E-state index in [1.54, 1.807) is 7.11 Å². The molecule has 2 aliphatic rings. The van der Waals surface area contributed by atoms with E-state index in [9.17, 15) is 0 Å². The number of benzene rings is 1. The molecule has 0 amide bonds. The average Bonchev–Trinajstić information content (AvgIpc) is 2.86. The molecule has 2 atom stereocenters. The van der Waals surface area contributed by atoms with E-state index < -0.39 is 0 Å². The molecule has 3 heteroatoms. The summed E-state index contributed by atoms with van der Waals surface area (Å²) in [6.07, 6.45) is 0. The highest BCUT2D eigenvalue weighted by atomic mass is 16.5. The second-order valence-electron chi connectivity index (χ2n) is 5.35. The molecule has 3 nitrogen and oxygen atoms in total. The smallest absolute Gasteiger partial charge is 0.120 e. The molecule has 2 aliphatic heterocycles. The highest BCUT2D eigenvalue weighted by molar-refractivity contribution is 5.51. The molecule has 92 valence electrons. The minimum atomic E-state index is 0.853. The van der Waals surface area contributed by atoms with Crippen molar-refractivity contribution in [2.45, 2.75) is 0 Å². The van der Waals surface area contributed by atoms with Crippen molar-refractivity contribution in [2.24, 2.45) is 11.8 Å². The van der Waals surface area contributed by atoms with Gasteiger partial charge in [-0.1, -0.05) is 6.07 Å². The van der Waals surface area contributed by atoms with E-state index in [0.717, 1.165) is 17.6 Å². The maximum atomic E-state index is 5.29. The number of nitrogens with zero attached hydrogens (tertiary/aromatic N) is 2. The predicted molar refractivity (Wildman–Crippen MR) is 69.7 cm³/mol. The topological polar surface area (TPSA) is 15.7 Å². The lowest BCUT2D eigenvalue weighted by Gasteiger charge is -2.21. The van der Waals surface area contributed by atoms with Gasteiger partial charge in [-0.3, -0.25) is 0 Å². The van der Waals surface area contributed by atoms with Crippen molar-refractivity contribution < 1.29 is 4.74 Å². The van der Waals surface area contributed by atoms with Crippen molar-refractivity contribution in [3.63, 3.8) is 0 Å². The maximum absolute atomic E-state index is 5.29. The van der Waals surface area contributed by atoms with Crippen LogP contribution in [0.3, 0.4) is 0 Å². The Morgan fingerprint density at radius 3 is 2.47 bits per heavy atom. The zero-order valence-corrected chi connectivity index (χ0v) is 10.6. The Labute approximate surface area is 103 Å². The maximum Gasteiger partial charge on any atom is 0.120 e. The predicted octanol–water partition coefficient (Wildman–Crippen LogP) is 1.69. The molecule has 0 radical (unpaired) electrons. The molecule has 1 aromatic rings. The van der Waals surface area contributed by atoms with Crippen LogP contribution in [0, 0.1) is 11.8 Å². The molecule has 0 N–H and O–H groups in total. The summed E-state index contributed by atoms with van der Waals surface area (Å²) >= 11 is 0. The van der Waals surface area contributed by atoms with Gasteiger partial charge in [0.15, 0.2) is 0 Å². The first-order valence-electron chi connectivity index (χ1n) is 6.34. The summed E-state index contributed by atoms with van der Waals surface area (Å²) in [7, 11) is 3.96. The zero-order chi connectivity index (χ0) is 11.8. The van der Waals surface area contributed by atoms with Crippen molar-refractivity contribution >= 4 is 5.69 Å². The Morgan fingerprint density at radius 1 is 1.12 bits per heavy atom. The fourth-order valence-corrected chi connectivity index (χ4v) is 3.25. The van der Waals surface area contributed by atoms with Gasteiger partial charge in [0, 0.05) is 37.9 Å². The van der Waals surface area contributed by atoms with Crippen molar-refractivity contribution in [3.05, 3.63) is 24.3 Å². The van der Waals surface area contributed by atoms with Gasteiger partial charge in [0.25, 0.3) is 0 Å². The SMILES string of the molecule is COc1cccc(N2CC3CN(C)CC3C2)c1. The van der Waals surface area contributed by atoms with Crippen LogP contribution in [0.1, 0.15) is 0 Å². The van der Waals surface area contributed by atoms with Crippen LogP contribution >= 0.6 is 0 Å². The number of rotatable bonds is 2. The fraction of sp³-hybridized carbons (Fsp3) is 0.571. The van der Waals surface area contributed by atoms with Crippen LogP contribution in [0.2, 0.25) is 0 Å². The Kier molecular flexibility index (Phi) is 2.71. The summed E-state index contributed by atoms with van der Waals surface area (Å²) < 4.78 is 5.29. The zero-order valence-electron chi connectivity index (χ0n) is 10.6. The van der Waals surface area contributed by atoms with Crippen molar-refractivity contribution in [3.8, 4) is 5.75 Å². The van der Waals surface area contributed by atoms with E-state index >= 15 is 0 Å². The number of hydrogen-bond acceptors (Lipinski definition) is 3. The van der Waals surface area contributed by atoms with Crippen LogP contribution in [0.5, 0.6) is 5.75 Å². The molecule has 0 spiro atoms. The van der Waals surface area contributed by atoms with Gasteiger partial charge in [0.05, 0.1) is 7.11 Å². The third-order valence-electron chi connectivity index (χ3n) is 4.09. The van der Waals surface area contributed by atoms with Gasteiger partial charge in [0.2, 0.25) is 0 Å². The highest BCUT2D eigenvalue weighted by Crippen LogP contribution is 2.34. The molecule has 17 heavy (non-hydrogen) atoms. The number of methoxy groups -OCH3 is 1. The third kappa shape index (κ3) is 2.00. The first-order chi connectivity index (χ1) is 8.26. The van der Waals surface area contributed by atoms with E-state index in [-0.39, 0.29) is 0 Å². The number of hydrogen-bond donors (Lipinski definition) is 0. The van der Waals surface area contributed by atoms with Crippen molar-refractivity contribution in [2.75, 3.05) is 45.2 Å². The van der Waals surface area contributed by atoms with Gasteiger partial charge < -0.3 is 14.5 Å². The fourth-order valence-electron chi connectivity index (χ4n) is 3.25. The Bertz CT molecular complexity index is 393. The molecule has 0 aliphatic carbocycles. The summed E-state index contributed by atoms with van der Waals surface area (Å²) in [5, 5.41) is 0. The summed E-state index contributed by atoms with van der Waals surface area (Å²) in [4.78, 5) is 4.96. The minimum Gasteiger partial charge on any atom is -0.497 e. The van der Waals surface area contributed by atoms with Gasteiger partial charge in [0.1, 0.15) is 5.75 Å². The van der Waals surface area contributed by atoms with Gasteiger partial charge in [-0.05, 0) is 31.0 Å². The molecule has 2 heterocycles. The highest BCUT2D eigenvalue weighted by Gasteiger charge is 2.38. The van der Waals surface area contributed by atoms with Crippen LogP contribution in [0.25, 0.3) is 0 Å². The largest absolute Gasteiger partial charge is 0.497 e. The van der Waals surface area contributed by atoms with E-state index in [2.05, 4.69) is 35.0 Å². The number of likely N-dealkylation sites (tertiary alicyclic amines) is 1. The van der Waals surface area contributed by atoms with Gasteiger partial charge in [-0.15, -0.1) is 0 Å². The molecule has 0 bridgehead atoms. The van der Waals surface area contributed by atoms with Crippen molar-refractivity contribution in [1.82, 2.24) is 4.90 Å². The number of ether oxygens (including phenoxy) is 1. The van der Waals surface area contributed by atoms with E-state index in [1.165, 1.54) is 31.9 Å². The quantitative estimate of drug-likeness (QED) is 0.772. The lowest BCUT2D eigenvalue weighted by molar-refractivity contribution is 0.387. The second kappa shape index (κ2) is 4.22. The molecule has 2 saturated heterocycles. The monoisotopic (exact) mass is 232 g/mol. The van der Waals surface area contributed by atoms with Crippen LogP contribution in [-0.2, 0) is 0 Å². The Balaban J connectivity index is 1.74.